The Morgan fingerprint density at radius 1 is 0.472 bits per heavy atom. The first-order chi connectivity index (χ1) is 17.3. The van der Waals surface area contributed by atoms with Gasteiger partial charge in [0.05, 0.1) is 5.92 Å². The molecule has 0 saturated carbocycles. The molecule has 0 unspecified atom stereocenters. The Morgan fingerprint density at radius 2 is 0.778 bits per heavy atom. The molecular formula is C34H68O2. The van der Waals surface area contributed by atoms with E-state index >= 15 is 0 Å². The summed E-state index contributed by atoms with van der Waals surface area (Å²) in [6.07, 6.45) is 30.6. The predicted octanol–water partition coefficient (Wildman–Crippen LogP) is 11.9. The molecule has 0 aliphatic heterocycles. The van der Waals surface area contributed by atoms with Gasteiger partial charge in [0.25, 0.3) is 0 Å². The van der Waals surface area contributed by atoms with Crippen molar-refractivity contribution in [3.63, 3.8) is 0 Å². The molecule has 0 rings (SSSR count). The Hall–Kier alpha value is -0.530. The SMILES string of the molecule is CCCCCCCCCCCCCCCCCCC[C@@H](C)C[C@@H](C)C[C@@H](C)C[C@@H](C)C[C@@H](C)C(=O)O. The summed E-state index contributed by atoms with van der Waals surface area (Å²) >= 11 is 0. The summed E-state index contributed by atoms with van der Waals surface area (Å²) in [5.41, 5.74) is 0. The molecule has 0 saturated heterocycles. The van der Waals surface area contributed by atoms with Gasteiger partial charge in [0.15, 0.2) is 0 Å². The lowest BCUT2D eigenvalue weighted by Gasteiger charge is -2.23. The molecular weight excluding hydrogens is 440 g/mol. The molecule has 0 aromatic rings. The number of unbranched alkanes of at least 4 members (excludes halogenated alkanes) is 16. The molecule has 0 spiro atoms. The standard InChI is InChI=1S/C34H68O2/c1-7-8-9-10-11-12-13-14-15-16-17-18-19-20-21-22-23-24-29(2)25-30(3)26-31(4)27-32(5)28-33(6)34(35)36/h29-33H,7-28H2,1-6H3,(H,35,36)/t29-,30-,31-,32-,33-/m1/s1. The average molecular weight is 509 g/mol. The van der Waals surface area contributed by atoms with Crippen LogP contribution in [0.3, 0.4) is 0 Å². The van der Waals surface area contributed by atoms with Crippen LogP contribution < -0.4 is 0 Å². The van der Waals surface area contributed by atoms with Crippen LogP contribution in [0.4, 0.5) is 0 Å². The van der Waals surface area contributed by atoms with Gasteiger partial charge < -0.3 is 5.11 Å². The molecule has 36 heavy (non-hydrogen) atoms. The highest BCUT2D eigenvalue weighted by Crippen LogP contribution is 2.28. The van der Waals surface area contributed by atoms with E-state index in [0.29, 0.717) is 11.8 Å². The van der Waals surface area contributed by atoms with Crippen LogP contribution in [0.1, 0.15) is 183 Å². The number of carboxylic acid groups (broad SMARTS) is 1. The monoisotopic (exact) mass is 509 g/mol. The minimum atomic E-state index is -0.652. The van der Waals surface area contributed by atoms with Crippen molar-refractivity contribution in [3.8, 4) is 0 Å². The zero-order valence-electron chi connectivity index (χ0n) is 25.8. The van der Waals surface area contributed by atoms with Gasteiger partial charge in [-0.2, -0.15) is 0 Å². The van der Waals surface area contributed by atoms with Crippen molar-refractivity contribution in [2.45, 2.75) is 183 Å². The molecule has 0 amide bonds. The number of aliphatic carboxylic acids is 1. The third kappa shape index (κ3) is 23.8. The van der Waals surface area contributed by atoms with Crippen LogP contribution in [-0.4, -0.2) is 11.1 Å². The molecule has 216 valence electrons. The van der Waals surface area contributed by atoms with Crippen molar-refractivity contribution < 1.29 is 9.90 Å². The van der Waals surface area contributed by atoms with Gasteiger partial charge >= 0.3 is 5.97 Å². The smallest absolute Gasteiger partial charge is 0.306 e. The maximum atomic E-state index is 11.1. The molecule has 0 aromatic carbocycles. The van der Waals surface area contributed by atoms with E-state index in [1.54, 1.807) is 0 Å². The van der Waals surface area contributed by atoms with Crippen molar-refractivity contribution in [2.24, 2.45) is 29.6 Å². The first-order valence-electron chi connectivity index (χ1n) is 16.5. The van der Waals surface area contributed by atoms with Crippen LogP contribution in [0.15, 0.2) is 0 Å². The Labute approximate surface area is 228 Å². The number of rotatable bonds is 27. The van der Waals surface area contributed by atoms with Crippen molar-refractivity contribution in [2.75, 3.05) is 0 Å². The molecule has 0 radical (unpaired) electrons. The van der Waals surface area contributed by atoms with Gasteiger partial charge in [-0.15, -0.1) is 0 Å². The second-order valence-electron chi connectivity index (χ2n) is 13.0. The molecule has 5 atom stereocenters. The van der Waals surface area contributed by atoms with Crippen LogP contribution >= 0.6 is 0 Å². The summed E-state index contributed by atoms with van der Waals surface area (Å²) in [6.45, 7) is 13.6. The number of hydrogen-bond acceptors (Lipinski definition) is 1. The number of hydrogen-bond donors (Lipinski definition) is 1. The molecule has 0 aliphatic rings. The van der Waals surface area contributed by atoms with E-state index in [2.05, 4.69) is 34.6 Å². The van der Waals surface area contributed by atoms with Crippen LogP contribution in [-0.2, 0) is 4.79 Å². The van der Waals surface area contributed by atoms with E-state index in [0.717, 1.165) is 24.7 Å². The first kappa shape index (κ1) is 35.5. The maximum Gasteiger partial charge on any atom is 0.306 e. The maximum absolute atomic E-state index is 11.1. The fraction of sp³-hybridized carbons (Fsp3) is 0.971. The Morgan fingerprint density at radius 3 is 1.14 bits per heavy atom. The molecule has 0 aromatic heterocycles. The molecule has 0 fully saturated rings. The lowest BCUT2D eigenvalue weighted by atomic mass is 9.82. The third-order valence-corrected chi connectivity index (χ3v) is 8.39. The van der Waals surface area contributed by atoms with Gasteiger partial charge in [0.1, 0.15) is 0 Å². The predicted molar refractivity (Wildman–Crippen MR) is 161 cm³/mol. The zero-order chi connectivity index (χ0) is 27.0. The highest BCUT2D eigenvalue weighted by Gasteiger charge is 2.19. The Bertz CT molecular complexity index is 474. The van der Waals surface area contributed by atoms with Crippen LogP contribution in [0, 0.1) is 29.6 Å². The Balaban J connectivity index is 3.51. The molecule has 0 aliphatic carbocycles. The molecule has 2 heteroatoms. The summed E-state index contributed by atoms with van der Waals surface area (Å²) < 4.78 is 0. The van der Waals surface area contributed by atoms with E-state index in [9.17, 15) is 4.79 Å². The van der Waals surface area contributed by atoms with Gasteiger partial charge in [-0.25, -0.2) is 0 Å². The van der Waals surface area contributed by atoms with E-state index in [4.69, 9.17) is 5.11 Å². The normalized spacial score (nSPS) is 15.9. The van der Waals surface area contributed by atoms with Crippen LogP contribution in [0.2, 0.25) is 0 Å². The van der Waals surface area contributed by atoms with Gasteiger partial charge in [-0.05, 0) is 49.4 Å². The van der Waals surface area contributed by atoms with Crippen molar-refractivity contribution in [3.05, 3.63) is 0 Å². The fourth-order valence-electron chi connectivity index (χ4n) is 6.39. The topological polar surface area (TPSA) is 37.3 Å². The third-order valence-electron chi connectivity index (χ3n) is 8.39. The average Bonchev–Trinajstić information content (AvgIpc) is 2.80. The van der Waals surface area contributed by atoms with Crippen LogP contribution in [0.25, 0.3) is 0 Å². The summed E-state index contributed by atoms with van der Waals surface area (Å²) in [5, 5.41) is 9.12. The minimum Gasteiger partial charge on any atom is -0.481 e. The fourth-order valence-corrected chi connectivity index (χ4v) is 6.39. The van der Waals surface area contributed by atoms with Gasteiger partial charge in [0, 0.05) is 0 Å². The Kier molecular flexibility index (Phi) is 24.4. The largest absolute Gasteiger partial charge is 0.481 e. The number of carbonyl (C=O) groups is 1. The van der Waals surface area contributed by atoms with Gasteiger partial charge in [0.2, 0.25) is 0 Å². The summed E-state index contributed by atoms with van der Waals surface area (Å²) in [6, 6.07) is 0. The molecule has 0 heterocycles. The van der Waals surface area contributed by atoms with E-state index in [1.807, 2.05) is 6.92 Å². The quantitative estimate of drug-likeness (QED) is 0.112. The van der Waals surface area contributed by atoms with Crippen molar-refractivity contribution >= 4 is 5.97 Å². The molecule has 2 nitrogen and oxygen atoms in total. The second-order valence-corrected chi connectivity index (χ2v) is 13.0. The van der Waals surface area contributed by atoms with E-state index < -0.39 is 5.97 Å². The van der Waals surface area contributed by atoms with Crippen molar-refractivity contribution in [1.29, 1.82) is 0 Å². The van der Waals surface area contributed by atoms with E-state index in [-0.39, 0.29) is 5.92 Å². The van der Waals surface area contributed by atoms with Crippen LogP contribution in [0.5, 0.6) is 0 Å². The minimum absolute atomic E-state index is 0.214. The highest BCUT2D eigenvalue weighted by molar-refractivity contribution is 5.69. The lowest BCUT2D eigenvalue weighted by Crippen LogP contribution is -2.16. The summed E-state index contributed by atoms with van der Waals surface area (Å²) in [5.74, 6) is 1.96. The second kappa shape index (κ2) is 24.8. The summed E-state index contributed by atoms with van der Waals surface area (Å²) in [4.78, 5) is 11.1. The highest BCUT2D eigenvalue weighted by atomic mass is 16.4. The van der Waals surface area contributed by atoms with Gasteiger partial charge in [-0.3, -0.25) is 4.79 Å². The molecule has 0 bridgehead atoms. The summed E-state index contributed by atoms with van der Waals surface area (Å²) in [7, 11) is 0. The van der Waals surface area contributed by atoms with Gasteiger partial charge in [-0.1, -0.05) is 157 Å². The lowest BCUT2D eigenvalue weighted by molar-refractivity contribution is -0.141. The number of carboxylic acids is 1. The molecule has 1 N–H and O–H groups in total. The first-order valence-corrected chi connectivity index (χ1v) is 16.5. The zero-order valence-corrected chi connectivity index (χ0v) is 25.8. The van der Waals surface area contributed by atoms with Crippen molar-refractivity contribution in [1.82, 2.24) is 0 Å². The van der Waals surface area contributed by atoms with E-state index in [1.165, 1.54) is 128 Å².